The van der Waals surface area contributed by atoms with Crippen molar-refractivity contribution in [3.63, 3.8) is 0 Å². The molecule has 1 aromatic carbocycles. The number of ether oxygens (including phenoxy) is 2. The largest absolute Gasteiger partial charge is 0.490 e. The summed E-state index contributed by atoms with van der Waals surface area (Å²) in [6, 6.07) is 5.46. The lowest BCUT2D eigenvalue weighted by atomic mass is 9.94. The normalized spacial score (nSPS) is 21.4. The Morgan fingerprint density at radius 3 is 2.38 bits per heavy atom. The van der Waals surface area contributed by atoms with Crippen LogP contribution in [0.5, 0.6) is 5.75 Å². The molecule has 0 aliphatic carbocycles. The van der Waals surface area contributed by atoms with Gasteiger partial charge in [0, 0.05) is 31.8 Å². The maximum atomic E-state index is 13.3. The van der Waals surface area contributed by atoms with E-state index in [0.29, 0.717) is 44.0 Å². The number of nitrogens with zero attached hydrogens (tertiary/aromatic N) is 3. The second-order valence-corrected chi connectivity index (χ2v) is 8.55. The third kappa shape index (κ3) is 6.32. The van der Waals surface area contributed by atoms with Crippen LogP contribution < -0.4 is 9.75 Å². The van der Waals surface area contributed by atoms with E-state index < -0.39 is 36.2 Å². The van der Waals surface area contributed by atoms with Crippen molar-refractivity contribution in [1.29, 1.82) is 0 Å². The zero-order valence-corrected chi connectivity index (χ0v) is 19.3. The van der Waals surface area contributed by atoms with E-state index in [2.05, 4.69) is 5.10 Å². The van der Waals surface area contributed by atoms with E-state index in [-0.39, 0.29) is 12.2 Å². The first-order valence-corrected chi connectivity index (χ1v) is 11.4. The first kappa shape index (κ1) is 25.6. The highest BCUT2D eigenvalue weighted by molar-refractivity contribution is 5.95. The minimum Gasteiger partial charge on any atom is -0.490 e. The quantitative estimate of drug-likeness (QED) is 0.538. The summed E-state index contributed by atoms with van der Waals surface area (Å²) in [5, 5.41) is 14.0. The fourth-order valence-electron chi connectivity index (χ4n) is 4.10. The van der Waals surface area contributed by atoms with Crippen LogP contribution in [0.1, 0.15) is 46.0 Å². The number of aliphatic carboxylic acids is 1. The molecule has 0 unspecified atom stereocenters. The summed E-state index contributed by atoms with van der Waals surface area (Å²) in [5.41, 5.74) is -0.631. The molecular formula is C23H30F3N3O5. The summed E-state index contributed by atoms with van der Waals surface area (Å²) in [4.78, 5) is 24.9. The molecule has 34 heavy (non-hydrogen) atoms. The number of alkyl halides is 3. The number of carbonyl (C=O) groups is 2. The Labute approximate surface area is 196 Å². The van der Waals surface area contributed by atoms with Crippen LogP contribution in [-0.2, 0) is 9.53 Å². The minimum absolute atomic E-state index is 0.105. The topological polar surface area (TPSA) is 91.7 Å². The molecule has 1 amide bonds. The van der Waals surface area contributed by atoms with Gasteiger partial charge in [-0.25, -0.2) is 4.79 Å². The van der Waals surface area contributed by atoms with E-state index in [1.807, 2.05) is 6.92 Å². The highest BCUT2D eigenvalue weighted by atomic mass is 19.4. The fraction of sp³-hybridized carbons (Fsp3) is 0.609. The Morgan fingerprint density at radius 1 is 1.18 bits per heavy atom. The van der Waals surface area contributed by atoms with Crippen LogP contribution in [0.3, 0.4) is 0 Å². The van der Waals surface area contributed by atoms with Gasteiger partial charge in [0.2, 0.25) is 0 Å². The molecule has 2 atom stereocenters. The smallest absolute Gasteiger partial charge is 0.431 e. The second kappa shape index (κ2) is 11.0. The first-order chi connectivity index (χ1) is 16.1. The van der Waals surface area contributed by atoms with Gasteiger partial charge >= 0.3 is 18.2 Å². The number of piperidine rings is 1. The molecular weight excluding hydrogens is 455 g/mol. The van der Waals surface area contributed by atoms with E-state index in [9.17, 15) is 22.8 Å². The van der Waals surface area contributed by atoms with E-state index in [4.69, 9.17) is 14.6 Å². The number of carboxylic acid groups (broad SMARTS) is 1. The number of unbranched alkanes of at least 4 members (excludes halogenated alkanes) is 1. The summed E-state index contributed by atoms with van der Waals surface area (Å²) in [6.45, 7) is 4.81. The molecule has 1 fully saturated rings. The number of hydrogen-bond acceptors (Lipinski definition) is 6. The highest BCUT2D eigenvalue weighted by Crippen LogP contribution is 2.37. The van der Waals surface area contributed by atoms with E-state index in [0.717, 1.165) is 17.9 Å². The number of hydrogen-bond donors (Lipinski definition) is 1. The summed E-state index contributed by atoms with van der Waals surface area (Å²) in [6.07, 6.45) is -2.47. The number of hydrazone groups is 1. The number of benzene rings is 1. The van der Waals surface area contributed by atoms with E-state index in [1.54, 1.807) is 29.2 Å². The lowest BCUT2D eigenvalue weighted by Gasteiger charge is -2.31. The Kier molecular flexibility index (Phi) is 8.27. The molecule has 0 aromatic heterocycles. The molecule has 8 nitrogen and oxygen atoms in total. The molecule has 1 aromatic rings. The Hall–Kier alpha value is -2.98. The molecule has 0 saturated carbocycles. The molecule has 2 aliphatic heterocycles. The van der Waals surface area contributed by atoms with Crippen LogP contribution in [0.4, 0.5) is 23.7 Å². The Bertz CT molecular complexity index is 883. The first-order valence-electron chi connectivity index (χ1n) is 11.4. The van der Waals surface area contributed by atoms with Gasteiger partial charge in [-0.2, -0.15) is 18.3 Å². The number of rotatable bonds is 8. The van der Waals surface area contributed by atoms with Gasteiger partial charge in [0.15, 0.2) is 0 Å². The lowest BCUT2D eigenvalue weighted by Crippen LogP contribution is -2.42. The predicted molar refractivity (Wildman–Crippen MR) is 119 cm³/mol. The zero-order chi connectivity index (χ0) is 24.9. The monoisotopic (exact) mass is 485 g/mol. The molecule has 3 rings (SSSR count). The third-order valence-electron chi connectivity index (χ3n) is 6.04. The van der Waals surface area contributed by atoms with E-state index in [1.165, 1.54) is 6.92 Å². The number of likely N-dealkylation sites (tertiary alicyclic amines) is 1. The van der Waals surface area contributed by atoms with Crippen molar-refractivity contribution >= 4 is 23.5 Å². The van der Waals surface area contributed by atoms with Crippen LogP contribution in [0.25, 0.3) is 0 Å². The predicted octanol–water partition coefficient (Wildman–Crippen LogP) is 4.68. The van der Waals surface area contributed by atoms with Crippen molar-refractivity contribution in [2.75, 3.05) is 24.7 Å². The second-order valence-electron chi connectivity index (χ2n) is 8.55. The molecule has 1 N–H and O–H groups in total. The average molecular weight is 486 g/mol. The van der Waals surface area contributed by atoms with Gasteiger partial charge < -0.3 is 19.5 Å². The van der Waals surface area contributed by atoms with Crippen LogP contribution >= 0.6 is 0 Å². The van der Waals surface area contributed by atoms with Crippen molar-refractivity contribution in [3.05, 3.63) is 24.3 Å². The van der Waals surface area contributed by atoms with Crippen molar-refractivity contribution < 1.29 is 37.3 Å². The van der Waals surface area contributed by atoms with E-state index >= 15 is 0 Å². The Morgan fingerprint density at radius 2 is 1.82 bits per heavy atom. The maximum Gasteiger partial charge on any atom is 0.431 e. The molecule has 0 spiro atoms. The minimum atomic E-state index is -4.63. The molecule has 1 saturated heterocycles. The third-order valence-corrected chi connectivity index (χ3v) is 6.04. The Balaban J connectivity index is 1.60. The van der Waals surface area contributed by atoms with Crippen LogP contribution in [0.15, 0.2) is 29.4 Å². The molecule has 188 valence electrons. The van der Waals surface area contributed by atoms with Gasteiger partial charge in [-0.3, -0.25) is 9.80 Å². The van der Waals surface area contributed by atoms with Gasteiger partial charge in [0.05, 0.1) is 24.8 Å². The molecule has 0 radical (unpaired) electrons. The maximum absolute atomic E-state index is 13.3. The summed E-state index contributed by atoms with van der Waals surface area (Å²) >= 11 is 0. The SMILES string of the molecule is CCCCOC(=O)N1CCC(Oc2ccc(N3N=C(C(F)(F)F)[C@@H](C)[C@@H]3CC(=O)O)cc2)CC1. The number of carboxylic acids is 1. The fourth-order valence-corrected chi connectivity index (χ4v) is 4.10. The average Bonchev–Trinajstić information content (AvgIpc) is 3.11. The van der Waals surface area contributed by atoms with Gasteiger partial charge in [-0.05, 0) is 30.7 Å². The van der Waals surface area contributed by atoms with Crippen molar-refractivity contribution in [2.24, 2.45) is 11.0 Å². The van der Waals surface area contributed by atoms with Crippen molar-refractivity contribution in [1.82, 2.24) is 4.90 Å². The van der Waals surface area contributed by atoms with Crippen molar-refractivity contribution in [3.8, 4) is 5.75 Å². The number of amides is 1. The van der Waals surface area contributed by atoms with Crippen LogP contribution in [0.2, 0.25) is 0 Å². The molecule has 2 aliphatic rings. The van der Waals surface area contributed by atoms with Gasteiger partial charge in [0.25, 0.3) is 0 Å². The van der Waals surface area contributed by atoms with Gasteiger partial charge in [-0.15, -0.1) is 0 Å². The lowest BCUT2D eigenvalue weighted by molar-refractivity contribution is -0.137. The number of anilines is 1. The zero-order valence-electron chi connectivity index (χ0n) is 19.3. The number of carbonyl (C=O) groups excluding carboxylic acids is 1. The summed E-state index contributed by atoms with van der Waals surface area (Å²) in [7, 11) is 0. The van der Waals surface area contributed by atoms with Crippen molar-refractivity contribution in [2.45, 2.75) is 64.3 Å². The molecule has 11 heteroatoms. The van der Waals surface area contributed by atoms with Gasteiger partial charge in [0.1, 0.15) is 17.6 Å². The van der Waals surface area contributed by atoms with Crippen LogP contribution in [0, 0.1) is 5.92 Å². The highest BCUT2D eigenvalue weighted by Gasteiger charge is 2.48. The summed E-state index contributed by atoms with van der Waals surface area (Å²) < 4.78 is 51.2. The standard InChI is InChI=1S/C23H30F3N3O5/c1-3-4-13-33-22(32)28-11-9-18(10-12-28)34-17-7-5-16(6-8-17)29-19(14-20(30)31)15(2)21(27-29)23(24,25)26/h5-8,15,18-19H,3-4,9-14H2,1-2H3,(H,30,31)/t15-,19-/m0/s1. The number of halogens is 3. The van der Waals surface area contributed by atoms with Crippen LogP contribution in [-0.4, -0.2) is 65.8 Å². The summed E-state index contributed by atoms with van der Waals surface area (Å²) in [5.74, 6) is -1.73. The van der Waals surface area contributed by atoms with Gasteiger partial charge in [-0.1, -0.05) is 20.3 Å². The molecule has 2 heterocycles. The molecule has 0 bridgehead atoms.